The van der Waals surface area contributed by atoms with Crippen LogP contribution in [-0.4, -0.2) is 58.1 Å². The third-order valence-corrected chi connectivity index (χ3v) is 9.74. The maximum absolute atomic E-state index is 13.6. The molecule has 13 heteroatoms. The number of hydrogen-bond donors (Lipinski definition) is 0. The molecule has 7 rings (SSSR count). The van der Waals surface area contributed by atoms with Crippen LogP contribution >= 0.6 is 35.3 Å². The van der Waals surface area contributed by atoms with Crippen LogP contribution in [0.25, 0.3) is 26.5 Å². The van der Waals surface area contributed by atoms with Crippen LogP contribution in [0.3, 0.4) is 0 Å². The number of carbonyl (C=O) groups excluding carboxylic acids is 1. The van der Waals surface area contributed by atoms with Crippen LogP contribution in [-0.2, 0) is 17.7 Å². The maximum Gasteiger partial charge on any atom is 0.269 e. The van der Waals surface area contributed by atoms with Crippen molar-refractivity contribution >= 4 is 51.3 Å². The second kappa shape index (κ2) is 16.1. The normalized spacial score (nSPS) is 13.2. The number of ketones is 1. The van der Waals surface area contributed by atoms with Gasteiger partial charge in [-0.15, -0.1) is 23.7 Å². The number of morpholine rings is 1. The standard InChI is InChI=1S/C38H32ClFN4O5S.ClH/c1-2-48-33-12-14-44(27-7-5-26(40)6-8-27)38(46)36(33)31(45)20-24-4-10-32(28(39)19-24)49-34-11-13-41-30-21-35(50-37(30)34)29-9-3-25(22-42-29)23-43-15-17-47-18-16-43;/h3-14,19,21-22H,2,15-18,20,23H2,1H3;1H. The van der Waals surface area contributed by atoms with Gasteiger partial charge in [0.2, 0.25) is 0 Å². The van der Waals surface area contributed by atoms with Gasteiger partial charge >= 0.3 is 0 Å². The summed E-state index contributed by atoms with van der Waals surface area (Å²) in [6.07, 6.45) is 5.01. The lowest BCUT2D eigenvalue weighted by atomic mass is 10.0. The zero-order valence-electron chi connectivity index (χ0n) is 27.5. The average molecular weight is 748 g/mol. The molecule has 0 amide bonds. The Morgan fingerprint density at radius 1 is 0.961 bits per heavy atom. The van der Waals surface area contributed by atoms with Crippen LogP contribution in [0.4, 0.5) is 4.39 Å². The minimum absolute atomic E-state index is 0. The molecule has 51 heavy (non-hydrogen) atoms. The van der Waals surface area contributed by atoms with Crippen molar-refractivity contribution in [3.63, 3.8) is 0 Å². The fourth-order valence-corrected chi connectivity index (χ4v) is 7.07. The summed E-state index contributed by atoms with van der Waals surface area (Å²) >= 11 is 8.22. The molecule has 1 saturated heterocycles. The Balaban J connectivity index is 0.00000448. The predicted molar refractivity (Wildman–Crippen MR) is 199 cm³/mol. The highest BCUT2D eigenvalue weighted by Gasteiger charge is 2.21. The summed E-state index contributed by atoms with van der Waals surface area (Å²) in [5.74, 6) is 0.310. The number of aromatic nitrogens is 3. The SMILES string of the molecule is CCOc1ccn(-c2ccc(F)cc2)c(=O)c1C(=O)Cc1ccc(Oc2ccnc3cc(-c4ccc(CN5CCOCC5)cn4)sc23)c(Cl)c1.Cl. The van der Waals surface area contributed by atoms with E-state index in [4.69, 9.17) is 30.8 Å². The predicted octanol–water partition coefficient (Wildman–Crippen LogP) is 8.17. The Morgan fingerprint density at radius 2 is 1.75 bits per heavy atom. The summed E-state index contributed by atoms with van der Waals surface area (Å²) in [6.45, 7) is 6.24. The van der Waals surface area contributed by atoms with Crippen molar-refractivity contribution in [1.29, 1.82) is 0 Å². The number of fused-ring (bicyclic) bond motifs is 1. The van der Waals surface area contributed by atoms with Crippen LogP contribution in [0, 0.1) is 5.82 Å². The van der Waals surface area contributed by atoms with Gasteiger partial charge in [-0.3, -0.25) is 29.0 Å². The van der Waals surface area contributed by atoms with E-state index in [2.05, 4.69) is 16.0 Å². The van der Waals surface area contributed by atoms with Gasteiger partial charge in [0, 0.05) is 56.4 Å². The molecule has 0 aliphatic carbocycles. The van der Waals surface area contributed by atoms with Crippen LogP contribution in [0.2, 0.25) is 5.02 Å². The lowest BCUT2D eigenvalue weighted by Crippen LogP contribution is -2.35. The van der Waals surface area contributed by atoms with E-state index in [0.717, 1.165) is 59.2 Å². The maximum atomic E-state index is 13.6. The first kappa shape index (κ1) is 36.2. The Bertz CT molecular complexity index is 2220. The summed E-state index contributed by atoms with van der Waals surface area (Å²) in [5, 5.41) is 0.302. The van der Waals surface area contributed by atoms with Crippen LogP contribution in [0.15, 0.2) is 96.2 Å². The van der Waals surface area contributed by atoms with E-state index >= 15 is 0 Å². The van der Waals surface area contributed by atoms with E-state index < -0.39 is 17.2 Å². The van der Waals surface area contributed by atoms with E-state index in [-0.39, 0.29) is 36.7 Å². The number of carbonyl (C=O) groups is 1. The van der Waals surface area contributed by atoms with E-state index in [1.807, 2.05) is 18.3 Å². The number of pyridine rings is 3. The Hall–Kier alpha value is -4.65. The van der Waals surface area contributed by atoms with E-state index in [0.29, 0.717) is 27.8 Å². The molecule has 1 aliphatic heterocycles. The van der Waals surface area contributed by atoms with E-state index in [1.165, 1.54) is 46.4 Å². The minimum Gasteiger partial charge on any atom is -0.493 e. The highest BCUT2D eigenvalue weighted by Crippen LogP contribution is 2.40. The fraction of sp³-hybridized carbons (Fsp3) is 0.211. The highest BCUT2D eigenvalue weighted by molar-refractivity contribution is 7.22. The molecule has 9 nitrogen and oxygen atoms in total. The quantitative estimate of drug-likeness (QED) is 0.123. The number of benzene rings is 2. The summed E-state index contributed by atoms with van der Waals surface area (Å²) < 4.78 is 33.0. The first-order chi connectivity index (χ1) is 24.4. The number of Topliss-reactive ketones (excluding diaryl/α,β-unsaturated/α-hetero) is 1. The molecule has 5 heterocycles. The molecule has 262 valence electrons. The molecular formula is C38H33Cl2FN4O5S. The van der Waals surface area contributed by atoms with Crippen molar-refractivity contribution in [2.24, 2.45) is 0 Å². The van der Waals surface area contributed by atoms with Gasteiger partial charge in [-0.25, -0.2) is 4.39 Å². The van der Waals surface area contributed by atoms with Crippen molar-refractivity contribution < 1.29 is 23.4 Å². The molecule has 0 bridgehead atoms. The first-order valence-corrected chi connectivity index (χ1v) is 17.3. The zero-order valence-corrected chi connectivity index (χ0v) is 29.9. The monoisotopic (exact) mass is 746 g/mol. The summed E-state index contributed by atoms with van der Waals surface area (Å²) in [4.78, 5) is 39.7. The lowest BCUT2D eigenvalue weighted by molar-refractivity contribution is 0.0341. The van der Waals surface area contributed by atoms with Crippen molar-refractivity contribution in [1.82, 2.24) is 19.4 Å². The van der Waals surface area contributed by atoms with Gasteiger partial charge in [0.25, 0.3) is 5.56 Å². The molecule has 0 N–H and O–H groups in total. The summed E-state index contributed by atoms with van der Waals surface area (Å²) in [5.41, 5.74) is 3.15. The summed E-state index contributed by atoms with van der Waals surface area (Å²) in [6, 6.07) is 20.0. The van der Waals surface area contributed by atoms with Crippen molar-refractivity contribution in [2.75, 3.05) is 32.9 Å². The third-order valence-electron chi connectivity index (χ3n) is 8.28. The van der Waals surface area contributed by atoms with Gasteiger partial charge in [-0.2, -0.15) is 0 Å². The number of nitrogens with zero attached hydrogens (tertiary/aromatic N) is 4. The largest absolute Gasteiger partial charge is 0.493 e. The van der Waals surface area contributed by atoms with Gasteiger partial charge in [0.15, 0.2) is 5.78 Å². The van der Waals surface area contributed by atoms with Crippen LogP contribution in [0.5, 0.6) is 17.2 Å². The molecule has 0 radical (unpaired) electrons. The smallest absolute Gasteiger partial charge is 0.269 e. The first-order valence-electron chi connectivity index (χ1n) is 16.1. The molecule has 6 aromatic rings. The third kappa shape index (κ3) is 8.14. The second-order valence-electron chi connectivity index (χ2n) is 11.7. The molecule has 1 fully saturated rings. The highest BCUT2D eigenvalue weighted by atomic mass is 35.5. The van der Waals surface area contributed by atoms with Crippen molar-refractivity contribution in [3.05, 3.63) is 129 Å². The van der Waals surface area contributed by atoms with Crippen LogP contribution in [0.1, 0.15) is 28.4 Å². The molecule has 0 atom stereocenters. The van der Waals surface area contributed by atoms with Gasteiger partial charge in [-0.1, -0.05) is 23.7 Å². The topological polar surface area (TPSA) is 95.8 Å². The minimum atomic E-state index is -0.560. The molecule has 4 aromatic heterocycles. The number of ether oxygens (including phenoxy) is 3. The van der Waals surface area contributed by atoms with Gasteiger partial charge < -0.3 is 14.2 Å². The van der Waals surface area contributed by atoms with Gasteiger partial charge in [0.1, 0.15) is 28.6 Å². The van der Waals surface area contributed by atoms with Crippen LogP contribution < -0.4 is 15.0 Å². The van der Waals surface area contributed by atoms with Crippen molar-refractivity contribution in [3.8, 4) is 33.5 Å². The lowest BCUT2D eigenvalue weighted by Gasteiger charge is -2.26. The number of hydrogen-bond acceptors (Lipinski definition) is 9. The Kier molecular flexibility index (Phi) is 11.4. The summed E-state index contributed by atoms with van der Waals surface area (Å²) in [7, 11) is 0. The van der Waals surface area contributed by atoms with Gasteiger partial charge in [-0.05, 0) is 72.6 Å². The average Bonchev–Trinajstić information content (AvgIpc) is 3.56. The molecule has 1 aliphatic rings. The number of rotatable bonds is 11. The second-order valence-corrected chi connectivity index (χ2v) is 13.1. The molecule has 2 aromatic carbocycles. The molecule has 0 unspecified atom stereocenters. The van der Waals surface area contributed by atoms with E-state index in [9.17, 15) is 14.0 Å². The number of halogens is 3. The fourth-order valence-electron chi connectivity index (χ4n) is 5.79. The molecule has 0 saturated carbocycles. The zero-order chi connectivity index (χ0) is 34.6. The molecule has 0 spiro atoms. The number of thiophene rings is 1. The van der Waals surface area contributed by atoms with Gasteiger partial charge in [0.05, 0.1) is 45.6 Å². The van der Waals surface area contributed by atoms with Crippen molar-refractivity contribution in [2.45, 2.75) is 19.9 Å². The Morgan fingerprint density at radius 3 is 2.47 bits per heavy atom. The Labute approximate surface area is 308 Å². The van der Waals surface area contributed by atoms with E-state index in [1.54, 1.807) is 43.5 Å². The molecular weight excluding hydrogens is 714 g/mol.